The van der Waals surface area contributed by atoms with Gasteiger partial charge in [0.05, 0.1) is 25.5 Å². The largest absolute Gasteiger partial charge is 0.376 e. The van der Waals surface area contributed by atoms with Gasteiger partial charge in [-0.3, -0.25) is 4.79 Å². The Kier molecular flexibility index (Phi) is 4.42. The smallest absolute Gasteiger partial charge is 0.318 e. The molecule has 0 bridgehead atoms. The zero-order valence-electron chi connectivity index (χ0n) is 13.4. The molecule has 23 heavy (non-hydrogen) atoms. The highest BCUT2D eigenvalue weighted by molar-refractivity contribution is 5.85. The molecule has 1 unspecified atom stereocenters. The van der Waals surface area contributed by atoms with Crippen molar-refractivity contribution in [2.75, 3.05) is 26.7 Å². The number of ether oxygens (including phenoxy) is 1. The minimum Gasteiger partial charge on any atom is -0.376 e. The predicted octanol–water partition coefficient (Wildman–Crippen LogP) is -0.0786. The number of nitrogens with zero attached hydrogens (tertiary/aromatic N) is 4. The number of nitrogens with one attached hydrogen (secondary N) is 1. The fraction of sp³-hybridized carbons (Fsp3) is 0.600. The summed E-state index contributed by atoms with van der Waals surface area (Å²) in [5.74, 6) is 0.524. The zero-order chi connectivity index (χ0) is 16.4. The first-order valence-electron chi connectivity index (χ1n) is 7.74. The molecule has 2 aliphatic heterocycles. The van der Waals surface area contributed by atoms with Crippen LogP contribution in [0, 0.1) is 0 Å². The van der Waals surface area contributed by atoms with Crippen LogP contribution < -0.4 is 5.32 Å². The van der Waals surface area contributed by atoms with E-state index in [0.717, 1.165) is 17.7 Å². The fourth-order valence-electron chi connectivity index (χ4n) is 2.70. The Balaban J connectivity index is 1.58. The second-order valence-electron chi connectivity index (χ2n) is 5.95. The van der Waals surface area contributed by atoms with Crippen LogP contribution in [0.5, 0.6) is 0 Å². The average molecular weight is 319 g/mol. The molecule has 2 aliphatic rings. The standard InChI is InChI=1S/C15H21N5O3/c1-10-7-20(8-14(21)19(10)2)15(22)17-6-13-16-5-11-9-23-4-3-12(11)18-13/h5,10H,3-4,6-9H2,1-2H3,(H,17,22). The Morgan fingerprint density at radius 1 is 1.52 bits per heavy atom. The molecule has 0 spiro atoms. The number of rotatable bonds is 2. The second-order valence-corrected chi connectivity index (χ2v) is 5.95. The van der Waals surface area contributed by atoms with Crippen LogP contribution in [0.25, 0.3) is 0 Å². The molecule has 1 N–H and O–H groups in total. The molecule has 1 aromatic heterocycles. The van der Waals surface area contributed by atoms with Gasteiger partial charge in [-0.25, -0.2) is 14.8 Å². The molecule has 3 rings (SSSR count). The van der Waals surface area contributed by atoms with Crippen LogP contribution in [0.3, 0.4) is 0 Å². The van der Waals surface area contributed by atoms with Gasteiger partial charge in [-0.15, -0.1) is 0 Å². The van der Waals surface area contributed by atoms with Gasteiger partial charge in [0.2, 0.25) is 5.91 Å². The number of hydrogen-bond donors (Lipinski definition) is 1. The van der Waals surface area contributed by atoms with Crippen molar-refractivity contribution in [3.8, 4) is 0 Å². The first kappa shape index (κ1) is 15.7. The maximum absolute atomic E-state index is 12.2. The van der Waals surface area contributed by atoms with Gasteiger partial charge in [0.15, 0.2) is 0 Å². The van der Waals surface area contributed by atoms with Crippen LogP contribution in [-0.4, -0.2) is 64.5 Å². The number of likely N-dealkylation sites (N-methyl/N-ethyl adjacent to an activating group) is 1. The SMILES string of the molecule is CC1CN(C(=O)NCc2ncc3c(n2)CCOC3)CC(=O)N1C. The third kappa shape index (κ3) is 3.42. The van der Waals surface area contributed by atoms with E-state index in [9.17, 15) is 9.59 Å². The van der Waals surface area contributed by atoms with Gasteiger partial charge in [-0.2, -0.15) is 0 Å². The lowest BCUT2D eigenvalue weighted by Crippen LogP contribution is -2.57. The Morgan fingerprint density at radius 3 is 3.13 bits per heavy atom. The van der Waals surface area contributed by atoms with E-state index in [1.807, 2.05) is 6.92 Å². The maximum Gasteiger partial charge on any atom is 0.318 e. The average Bonchev–Trinajstić information content (AvgIpc) is 2.56. The highest BCUT2D eigenvalue weighted by Gasteiger charge is 2.29. The van der Waals surface area contributed by atoms with E-state index in [1.165, 1.54) is 4.90 Å². The summed E-state index contributed by atoms with van der Waals surface area (Å²) >= 11 is 0. The molecule has 1 aromatic rings. The minimum atomic E-state index is -0.261. The molecule has 0 aliphatic carbocycles. The van der Waals surface area contributed by atoms with E-state index in [2.05, 4.69) is 15.3 Å². The number of urea groups is 1. The van der Waals surface area contributed by atoms with Gasteiger partial charge in [-0.05, 0) is 6.92 Å². The topological polar surface area (TPSA) is 87.7 Å². The molecule has 0 saturated carbocycles. The van der Waals surface area contributed by atoms with Crippen molar-refractivity contribution in [2.45, 2.75) is 32.5 Å². The van der Waals surface area contributed by atoms with Crippen molar-refractivity contribution in [1.82, 2.24) is 25.1 Å². The van der Waals surface area contributed by atoms with Crippen molar-refractivity contribution in [1.29, 1.82) is 0 Å². The number of aromatic nitrogens is 2. The number of fused-ring (bicyclic) bond motifs is 1. The van der Waals surface area contributed by atoms with Crippen molar-refractivity contribution >= 4 is 11.9 Å². The van der Waals surface area contributed by atoms with E-state index >= 15 is 0 Å². The molecule has 3 amide bonds. The van der Waals surface area contributed by atoms with E-state index in [1.54, 1.807) is 18.1 Å². The highest BCUT2D eigenvalue weighted by Crippen LogP contribution is 2.13. The van der Waals surface area contributed by atoms with E-state index in [0.29, 0.717) is 25.6 Å². The normalized spacial score (nSPS) is 21.1. The molecule has 8 heteroatoms. The summed E-state index contributed by atoms with van der Waals surface area (Å²) in [4.78, 5) is 36.0. The lowest BCUT2D eigenvalue weighted by Gasteiger charge is -2.37. The third-order valence-corrected chi connectivity index (χ3v) is 4.30. The number of amides is 3. The van der Waals surface area contributed by atoms with Crippen LogP contribution in [0.4, 0.5) is 4.79 Å². The van der Waals surface area contributed by atoms with E-state index in [4.69, 9.17) is 4.74 Å². The fourth-order valence-corrected chi connectivity index (χ4v) is 2.70. The van der Waals surface area contributed by atoms with Crippen molar-refractivity contribution in [2.24, 2.45) is 0 Å². The summed E-state index contributed by atoms with van der Waals surface area (Å²) in [6, 6.07) is -0.245. The molecule has 0 aromatic carbocycles. The molecule has 1 atom stereocenters. The van der Waals surface area contributed by atoms with Gasteiger partial charge >= 0.3 is 6.03 Å². The van der Waals surface area contributed by atoms with Crippen LogP contribution in [-0.2, 0) is 29.1 Å². The summed E-state index contributed by atoms with van der Waals surface area (Å²) < 4.78 is 5.35. The van der Waals surface area contributed by atoms with Crippen molar-refractivity contribution < 1.29 is 14.3 Å². The first-order chi connectivity index (χ1) is 11.0. The zero-order valence-corrected chi connectivity index (χ0v) is 13.4. The summed E-state index contributed by atoms with van der Waals surface area (Å²) in [6.07, 6.45) is 2.52. The monoisotopic (exact) mass is 319 g/mol. The number of carbonyl (C=O) groups is 2. The van der Waals surface area contributed by atoms with Crippen LogP contribution in [0.1, 0.15) is 24.0 Å². The van der Waals surface area contributed by atoms with Crippen molar-refractivity contribution in [3.05, 3.63) is 23.3 Å². The summed E-state index contributed by atoms with van der Waals surface area (Å²) in [5.41, 5.74) is 1.99. The molecule has 1 saturated heterocycles. The second kappa shape index (κ2) is 6.49. The predicted molar refractivity (Wildman–Crippen MR) is 81.4 cm³/mol. The number of hydrogen-bond acceptors (Lipinski definition) is 5. The highest BCUT2D eigenvalue weighted by atomic mass is 16.5. The summed E-state index contributed by atoms with van der Waals surface area (Å²) in [5, 5.41) is 2.79. The molecule has 124 valence electrons. The molecular formula is C15H21N5O3. The van der Waals surface area contributed by atoms with E-state index < -0.39 is 0 Å². The van der Waals surface area contributed by atoms with Crippen LogP contribution in [0.2, 0.25) is 0 Å². The molecular weight excluding hydrogens is 298 g/mol. The van der Waals surface area contributed by atoms with Gasteiger partial charge in [0.1, 0.15) is 12.4 Å². The summed E-state index contributed by atoms with van der Waals surface area (Å²) in [6.45, 7) is 4.01. The van der Waals surface area contributed by atoms with Gasteiger partial charge < -0.3 is 19.9 Å². The molecule has 8 nitrogen and oxygen atoms in total. The minimum absolute atomic E-state index is 0.0157. The quantitative estimate of drug-likeness (QED) is 0.824. The maximum atomic E-state index is 12.2. The molecule has 1 fully saturated rings. The lowest BCUT2D eigenvalue weighted by atomic mass is 10.1. The van der Waals surface area contributed by atoms with Gasteiger partial charge in [-0.1, -0.05) is 0 Å². The molecule has 0 radical (unpaired) electrons. The van der Waals surface area contributed by atoms with Gasteiger partial charge in [0.25, 0.3) is 0 Å². The first-order valence-corrected chi connectivity index (χ1v) is 7.74. The Bertz CT molecular complexity index is 621. The molecule has 3 heterocycles. The Morgan fingerprint density at radius 2 is 2.35 bits per heavy atom. The third-order valence-electron chi connectivity index (χ3n) is 4.30. The van der Waals surface area contributed by atoms with Crippen LogP contribution in [0.15, 0.2) is 6.20 Å². The summed E-state index contributed by atoms with van der Waals surface area (Å²) in [7, 11) is 1.76. The number of carbonyl (C=O) groups excluding carboxylic acids is 2. The Labute approximate surface area is 134 Å². The Hall–Kier alpha value is -2.22. The van der Waals surface area contributed by atoms with Crippen molar-refractivity contribution in [3.63, 3.8) is 0 Å². The van der Waals surface area contributed by atoms with E-state index in [-0.39, 0.29) is 31.1 Å². The number of piperazine rings is 1. The van der Waals surface area contributed by atoms with Crippen LogP contribution >= 0.6 is 0 Å². The van der Waals surface area contributed by atoms with Gasteiger partial charge in [0, 0.05) is 37.8 Å². The lowest BCUT2D eigenvalue weighted by molar-refractivity contribution is -0.135.